The Hall–Kier alpha value is -1.46. The molecule has 0 spiro atoms. The zero-order valence-electron chi connectivity index (χ0n) is 10.5. The molecule has 20 heavy (non-hydrogen) atoms. The van der Waals surface area contributed by atoms with Crippen LogP contribution in [0.15, 0.2) is 16.9 Å². The highest BCUT2D eigenvalue weighted by molar-refractivity contribution is 6.37. The number of nitrogens with two attached hydrogens (primary N) is 1. The minimum Gasteiger partial charge on any atom is -0.398 e. The van der Waals surface area contributed by atoms with Gasteiger partial charge in [0.15, 0.2) is 0 Å². The average Bonchev–Trinajstić information content (AvgIpc) is 2.68. The lowest BCUT2D eigenvalue weighted by atomic mass is 10.1. The predicted molar refractivity (Wildman–Crippen MR) is 77.8 cm³/mol. The molecule has 3 rings (SSSR count). The van der Waals surface area contributed by atoms with Crippen LogP contribution in [0.5, 0.6) is 0 Å². The van der Waals surface area contributed by atoms with Crippen LogP contribution in [0.2, 0.25) is 10.0 Å². The summed E-state index contributed by atoms with van der Waals surface area (Å²) in [6, 6.07) is 2.87. The van der Waals surface area contributed by atoms with E-state index < -0.39 is 5.95 Å². The van der Waals surface area contributed by atoms with Crippen molar-refractivity contribution in [1.29, 1.82) is 0 Å². The van der Waals surface area contributed by atoms with E-state index in [1.165, 1.54) is 21.5 Å². The Morgan fingerprint density at radius 1 is 1.10 bits per heavy atom. The first kappa shape index (κ1) is 13.5. The first-order valence-electron chi connectivity index (χ1n) is 6.24. The zero-order chi connectivity index (χ0) is 14.4. The Kier molecular flexibility index (Phi) is 3.26. The maximum Gasteiger partial charge on any atom is 0.277 e. The van der Waals surface area contributed by atoms with Crippen molar-refractivity contribution in [2.24, 2.45) is 0 Å². The first-order chi connectivity index (χ1) is 9.50. The molecule has 7 heteroatoms. The van der Waals surface area contributed by atoms with E-state index in [1.807, 2.05) is 0 Å². The molecule has 1 aliphatic heterocycles. The van der Waals surface area contributed by atoms with Crippen LogP contribution in [-0.4, -0.2) is 9.36 Å². The molecule has 0 fully saturated rings. The quantitative estimate of drug-likeness (QED) is 0.822. The summed E-state index contributed by atoms with van der Waals surface area (Å²) in [5.41, 5.74) is 5.84. The highest BCUT2D eigenvalue weighted by atomic mass is 35.5. The van der Waals surface area contributed by atoms with Crippen molar-refractivity contribution < 1.29 is 4.39 Å². The molecule has 1 aliphatic rings. The summed E-state index contributed by atoms with van der Waals surface area (Å²) in [7, 11) is 0. The van der Waals surface area contributed by atoms with Gasteiger partial charge in [0, 0.05) is 18.7 Å². The number of halogens is 3. The Morgan fingerprint density at radius 3 is 2.40 bits per heavy atom. The van der Waals surface area contributed by atoms with Gasteiger partial charge in [0.05, 0.1) is 15.7 Å². The van der Waals surface area contributed by atoms with Crippen molar-refractivity contribution in [3.63, 3.8) is 0 Å². The number of hydrogen-bond donors (Lipinski definition) is 1. The van der Waals surface area contributed by atoms with Crippen LogP contribution in [0.4, 0.5) is 10.1 Å². The topological polar surface area (TPSA) is 52.9 Å². The third-order valence-corrected chi connectivity index (χ3v) is 4.16. The van der Waals surface area contributed by atoms with Gasteiger partial charge in [-0.1, -0.05) is 23.2 Å². The molecule has 0 bridgehead atoms. The van der Waals surface area contributed by atoms with E-state index in [9.17, 15) is 9.18 Å². The molecular formula is C13H12Cl2FN3O. The summed E-state index contributed by atoms with van der Waals surface area (Å²) in [6.45, 7) is 0.998. The standard InChI is InChI=1S/C13H12Cl2FN3O/c14-8-6-9(15)10(17)5-7(8)11-12(16)18-3-1-2-4-19(18)13(11)20/h5-6H,1-4,17H2. The third kappa shape index (κ3) is 1.93. The van der Waals surface area contributed by atoms with Crippen molar-refractivity contribution in [3.05, 3.63) is 38.5 Å². The molecule has 0 amide bonds. The smallest absolute Gasteiger partial charge is 0.277 e. The second-order valence-electron chi connectivity index (χ2n) is 4.78. The van der Waals surface area contributed by atoms with E-state index >= 15 is 0 Å². The van der Waals surface area contributed by atoms with Crippen molar-refractivity contribution in [1.82, 2.24) is 9.36 Å². The number of hydrogen-bond acceptors (Lipinski definition) is 2. The summed E-state index contributed by atoms with van der Waals surface area (Å²) in [6.07, 6.45) is 1.71. The van der Waals surface area contributed by atoms with Gasteiger partial charge in [-0.25, -0.2) is 4.68 Å². The lowest BCUT2D eigenvalue weighted by molar-refractivity contribution is 0.310. The first-order valence-corrected chi connectivity index (χ1v) is 7.00. The monoisotopic (exact) mass is 315 g/mol. The molecule has 4 nitrogen and oxygen atoms in total. The van der Waals surface area contributed by atoms with Crippen LogP contribution in [0.1, 0.15) is 12.8 Å². The molecule has 106 valence electrons. The van der Waals surface area contributed by atoms with Crippen molar-refractivity contribution in [2.45, 2.75) is 25.9 Å². The zero-order valence-corrected chi connectivity index (χ0v) is 12.0. The van der Waals surface area contributed by atoms with E-state index in [2.05, 4.69) is 0 Å². The summed E-state index contributed by atoms with van der Waals surface area (Å²) >= 11 is 11.9. The van der Waals surface area contributed by atoms with Gasteiger partial charge in [0.2, 0.25) is 5.95 Å². The van der Waals surface area contributed by atoms with Crippen LogP contribution in [0.3, 0.4) is 0 Å². The minimum absolute atomic E-state index is 0.0414. The Morgan fingerprint density at radius 2 is 1.75 bits per heavy atom. The van der Waals surface area contributed by atoms with E-state index in [1.54, 1.807) is 0 Å². The van der Waals surface area contributed by atoms with Crippen LogP contribution in [-0.2, 0) is 13.1 Å². The van der Waals surface area contributed by atoms with Crippen LogP contribution in [0.25, 0.3) is 11.1 Å². The Labute approximate surface area is 124 Å². The second-order valence-corrected chi connectivity index (χ2v) is 5.59. The van der Waals surface area contributed by atoms with Crippen LogP contribution < -0.4 is 11.3 Å². The maximum absolute atomic E-state index is 14.5. The summed E-state index contributed by atoms with van der Waals surface area (Å²) in [5.74, 6) is -0.571. The normalized spacial score (nSPS) is 14.3. The maximum atomic E-state index is 14.5. The fraction of sp³-hybridized carbons (Fsp3) is 0.308. The summed E-state index contributed by atoms with van der Waals surface area (Å²) in [4.78, 5) is 12.4. The van der Waals surface area contributed by atoms with Gasteiger partial charge in [-0.3, -0.25) is 9.48 Å². The minimum atomic E-state index is -0.571. The lowest BCUT2D eigenvalue weighted by Gasteiger charge is -2.16. The highest BCUT2D eigenvalue weighted by Crippen LogP contribution is 2.34. The molecule has 0 radical (unpaired) electrons. The highest BCUT2D eigenvalue weighted by Gasteiger charge is 2.25. The van der Waals surface area contributed by atoms with Crippen LogP contribution >= 0.6 is 23.2 Å². The van der Waals surface area contributed by atoms with Crippen LogP contribution in [0, 0.1) is 5.95 Å². The fourth-order valence-electron chi connectivity index (χ4n) is 2.51. The largest absolute Gasteiger partial charge is 0.398 e. The SMILES string of the molecule is Nc1cc(-c2c(F)n3n(c2=O)CCCC3)c(Cl)cc1Cl. The molecule has 0 saturated heterocycles. The molecule has 0 saturated carbocycles. The molecule has 2 heterocycles. The summed E-state index contributed by atoms with van der Waals surface area (Å²) in [5, 5.41) is 0.493. The molecular weight excluding hydrogens is 304 g/mol. The van der Waals surface area contributed by atoms with Crippen molar-refractivity contribution >= 4 is 28.9 Å². The Balaban J connectivity index is 2.28. The number of aromatic nitrogens is 2. The van der Waals surface area contributed by atoms with Gasteiger partial charge in [0.25, 0.3) is 5.56 Å². The number of nitrogen functional groups attached to an aromatic ring is 1. The van der Waals surface area contributed by atoms with Gasteiger partial charge in [-0.2, -0.15) is 4.39 Å². The van der Waals surface area contributed by atoms with E-state index in [4.69, 9.17) is 28.9 Å². The van der Waals surface area contributed by atoms with Gasteiger partial charge in [-0.15, -0.1) is 0 Å². The molecule has 0 aliphatic carbocycles. The van der Waals surface area contributed by atoms with E-state index in [0.717, 1.165) is 12.8 Å². The number of rotatable bonds is 1. The lowest BCUT2D eigenvalue weighted by Crippen LogP contribution is -2.27. The van der Waals surface area contributed by atoms with Gasteiger partial charge in [-0.05, 0) is 25.0 Å². The Bertz CT molecular complexity index is 751. The van der Waals surface area contributed by atoms with Gasteiger partial charge in [0.1, 0.15) is 5.56 Å². The third-order valence-electron chi connectivity index (χ3n) is 3.52. The second kappa shape index (κ2) is 4.82. The number of fused-ring (bicyclic) bond motifs is 1. The van der Waals surface area contributed by atoms with Gasteiger partial charge < -0.3 is 5.73 Å². The summed E-state index contributed by atoms with van der Waals surface area (Å²) < 4.78 is 17.3. The molecule has 1 aromatic carbocycles. The predicted octanol–water partition coefficient (Wildman–Crippen LogP) is 3.14. The molecule has 2 aromatic rings. The van der Waals surface area contributed by atoms with E-state index in [-0.39, 0.29) is 32.4 Å². The molecule has 1 aromatic heterocycles. The number of anilines is 1. The molecule has 2 N–H and O–H groups in total. The van der Waals surface area contributed by atoms with Crippen molar-refractivity contribution in [3.8, 4) is 11.1 Å². The number of nitrogens with zero attached hydrogens (tertiary/aromatic N) is 2. The average molecular weight is 316 g/mol. The van der Waals surface area contributed by atoms with Gasteiger partial charge >= 0.3 is 0 Å². The molecule has 0 atom stereocenters. The number of benzene rings is 1. The molecule has 0 unspecified atom stereocenters. The fourth-order valence-corrected chi connectivity index (χ4v) is 2.99. The van der Waals surface area contributed by atoms with Crippen molar-refractivity contribution in [2.75, 3.05) is 5.73 Å². The van der Waals surface area contributed by atoms with E-state index in [0.29, 0.717) is 13.1 Å².